The van der Waals surface area contributed by atoms with E-state index in [9.17, 15) is 14.7 Å². The Balaban J connectivity index is 1.50. The van der Waals surface area contributed by atoms with E-state index in [4.69, 9.17) is 0 Å². The minimum atomic E-state index is -0.182. The van der Waals surface area contributed by atoms with Crippen molar-refractivity contribution in [3.05, 3.63) is 34.9 Å². The third-order valence-electron chi connectivity index (χ3n) is 6.02. The summed E-state index contributed by atoms with van der Waals surface area (Å²) in [4.78, 5) is 26.5. The van der Waals surface area contributed by atoms with Crippen LogP contribution in [0.15, 0.2) is 18.2 Å². The predicted molar refractivity (Wildman–Crippen MR) is 96.4 cm³/mol. The molecule has 1 aromatic carbocycles. The van der Waals surface area contributed by atoms with E-state index >= 15 is 0 Å². The van der Waals surface area contributed by atoms with E-state index in [0.717, 1.165) is 38.5 Å². The third kappa shape index (κ3) is 3.87. The van der Waals surface area contributed by atoms with Crippen LogP contribution in [0.1, 0.15) is 54.1 Å². The van der Waals surface area contributed by atoms with Crippen molar-refractivity contribution >= 4 is 11.8 Å². The Morgan fingerprint density at radius 1 is 1.20 bits per heavy atom. The monoisotopic (exact) mass is 344 g/mol. The van der Waals surface area contributed by atoms with Gasteiger partial charge in [-0.15, -0.1) is 0 Å². The molecule has 2 amide bonds. The first-order chi connectivity index (χ1) is 12.1. The Bertz CT molecular complexity index is 642. The molecule has 0 radical (unpaired) electrons. The van der Waals surface area contributed by atoms with Crippen molar-refractivity contribution in [3.8, 4) is 0 Å². The molecule has 0 atom stereocenters. The zero-order valence-electron chi connectivity index (χ0n) is 15.0. The number of amides is 2. The number of hydrogen-bond acceptors (Lipinski definition) is 3. The number of rotatable bonds is 5. The van der Waals surface area contributed by atoms with Crippen LogP contribution in [0.2, 0.25) is 0 Å². The van der Waals surface area contributed by atoms with Crippen molar-refractivity contribution in [1.29, 1.82) is 0 Å². The van der Waals surface area contributed by atoms with Crippen molar-refractivity contribution in [2.45, 2.75) is 45.4 Å². The number of nitrogens with one attached hydrogen (secondary N) is 1. The predicted octanol–water partition coefficient (Wildman–Crippen LogP) is 1.92. The number of carbonyl (C=O) groups excluding carboxylic acids is 2. The van der Waals surface area contributed by atoms with Gasteiger partial charge in [-0.05, 0) is 67.2 Å². The van der Waals surface area contributed by atoms with Gasteiger partial charge in [-0.25, -0.2) is 0 Å². The lowest BCUT2D eigenvalue weighted by atomic mass is 9.77. The lowest BCUT2D eigenvalue weighted by Gasteiger charge is -2.40. The molecule has 0 unspecified atom stereocenters. The molecule has 1 saturated heterocycles. The highest BCUT2D eigenvalue weighted by Crippen LogP contribution is 2.34. The van der Waals surface area contributed by atoms with Gasteiger partial charge in [0.15, 0.2) is 0 Å². The summed E-state index contributed by atoms with van der Waals surface area (Å²) < 4.78 is 0. The molecule has 1 aliphatic heterocycles. The van der Waals surface area contributed by atoms with E-state index in [1.807, 2.05) is 18.2 Å². The molecule has 3 rings (SSSR count). The molecule has 1 aromatic rings. The summed E-state index contributed by atoms with van der Waals surface area (Å²) in [5.41, 5.74) is 3.20. The van der Waals surface area contributed by atoms with Crippen LogP contribution in [0.25, 0.3) is 0 Å². The minimum absolute atomic E-state index is 0.0359. The molecule has 136 valence electrons. The molecule has 0 spiro atoms. The molecule has 1 heterocycles. The van der Waals surface area contributed by atoms with Crippen molar-refractivity contribution in [2.75, 3.05) is 26.2 Å². The van der Waals surface area contributed by atoms with Crippen LogP contribution in [0.4, 0.5) is 0 Å². The van der Waals surface area contributed by atoms with Crippen LogP contribution in [-0.2, 0) is 17.6 Å². The number of carbonyl (C=O) groups is 2. The quantitative estimate of drug-likeness (QED) is 0.857. The van der Waals surface area contributed by atoms with Crippen molar-refractivity contribution < 1.29 is 14.7 Å². The molecule has 2 N–H and O–H groups in total. The summed E-state index contributed by atoms with van der Waals surface area (Å²) >= 11 is 0. The molecular formula is C20H28N2O3. The normalized spacial score (nSPS) is 18.7. The topological polar surface area (TPSA) is 69.6 Å². The van der Waals surface area contributed by atoms with Crippen LogP contribution in [0.3, 0.4) is 0 Å². The van der Waals surface area contributed by atoms with Gasteiger partial charge in [-0.2, -0.15) is 0 Å². The number of aryl methyl sites for hydroxylation is 2. The highest BCUT2D eigenvalue weighted by atomic mass is 16.3. The number of aliphatic hydroxyl groups excluding tert-OH is 1. The Labute approximate surface area is 149 Å². The van der Waals surface area contributed by atoms with Gasteiger partial charge in [-0.1, -0.05) is 13.0 Å². The van der Waals surface area contributed by atoms with Crippen LogP contribution < -0.4 is 5.32 Å². The van der Waals surface area contributed by atoms with Crippen LogP contribution in [-0.4, -0.2) is 48.1 Å². The lowest BCUT2D eigenvalue weighted by molar-refractivity contribution is -0.133. The molecule has 0 aromatic heterocycles. The largest absolute Gasteiger partial charge is 0.396 e. The van der Waals surface area contributed by atoms with Crippen LogP contribution >= 0.6 is 0 Å². The van der Waals surface area contributed by atoms with Gasteiger partial charge in [0.1, 0.15) is 0 Å². The van der Waals surface area contributed by atoms with E-state index < -0.39 is 0 Å². The van der Waals surface area contributed by atoms with Crippen molar-refractivity contribution in [2.24, 2.45) is 5.41 Å². The van der Waals surface area contributed by atoms with Crippen LogP contribution in [0.5, 0.6) is 0 Å². The lowest BCUT2D eigenvalue weighted by Crippen LogP contribution is -2.47. The van der Waals surface area contributed by atoms with Crippen molar-refractivity contribution in [1.82, 2.24) is 10.2 Å². The number of fused-ring (bicyclic) bond motifs is 1. The summed E-state index contributed by atoms with van der Waals surface area (Å²) in [7, 11) is 0. The number of hydrogen-bond donors (Lipinski definition) is 2. The summed E-state index contributed by atoms with van der Waals surface area (Å²) in [5.74, 6) is -0.226. The second kappa shape index (κ2) is 7.56. The van der Waals surface area contributed by atoms with Crippen LogP contribution in [0, 0.1) is 5.41 Å². The van der Waals surface area contributed by atoms with E-state index in [1.54, 1.807) is 4.90 Å². The fraction of sp³-hybridized carbons (Fsp3) is 0.600. The van der Waals surface area contributed by atoms with E-state index in [-0.39, 0.29) is 30.4 Å². The maximum Gasteiger partial charge on any atom is 0.251 e. The molecule has 0 bridgehead atoms. The van der Waals surface area contributed by atoms with Gasteiger partial charge in [0.05, 0.1) is 6.54 Å². The zero-order chi connectivity index (χ0) is 17.9. The van der Waals surface area contributed by atoms with Gasteiger partial charge in [0, 0.05) is 25.3 Å². The molecule has 25 heavy (non-hydrogen) atoms. The van der Waals surface area contributed by atoms with E-state index in [0.29, 0.717) is 18.7 Å². The van der Waals surface area contributed by atoms with Gasteiger partial charge in [-0.3, -0.25) is 9.59 Å². The SMILES string of the molecule is CCC1(CO)CCN(C(=O)CNC(=O)c2ccc3c(c2)CCC3)CC1. The maximum atomic E-state index is 12.4. The number of benzene rings is 1. The van der Waals surface area contributed by atoms with Gasteiger partial charge < -0.3 is 15.3 Å². The van der Waals surface area contributed by atoms with Gasteiger partial charge in [0.25, 0.3) is 5.91 Å². The summed E-state index contributed by atoms with van der Waals surface area (Å²) in [5, 5.41) is 12.3. The summed E-state index contributed by atoms with van der Waals surface area (Å²) in [6.45, 7) is 3.61. The highest BCUT2D eigenvalue weighted by molar-refractivity contribution is 5.96. The molecule has 1 aliphatic carbocycles. The highest BCUT2D eigenvalue weighted by Gasteiger charge is 2.33. The second-order valence-electron chi connectivity index (χ2n) is 7.41. The summed E-state index contributed by atoms with van der Waals surface area (Å²) in [6.07, 6.45) is 5.86. The fourth-order valence-electron chi connectivity index (χ4n) is 3.94. The standard InChI is InChI=1S/C20H28N2O3/c1-2-20(14-23)8-10-22(11-9-20)18(24)13-21-19(25)17-7-6-15-4-3-5-16(15)12-17/h6-7,12,23H,2-5,8-11,13-14H2,1H3,(H,21,25). The molecule has 5 heteroatoms. The Kier molecular flexibility index (Phi) is 5.42. The molecule has 5 nitrogen and oxygen atoms in total. The Morgan fingerprint density at radius 3 is 2.60 bits per heavy atom. The zero-order valence-corrected chi connectivity index (χ0v) is 15.0. The first-order valence-corrected chi connectivity index (χ1v) is 9.35. The number of piperidine rings is 1. The molecular weight excluding hydrogens is 316 g/mol. The number of likely N-dealkylation sites (tertiary alicyclic amines) is 1. The number of nitrogens with zero attached hydrogens (tertiary/aromatic N) is 1. The van der Waals surface area contributed by atoms with Gasteiger partial charge in [0.2, 0.25) is 5.91 Å². The average molecular weight is 344 g/mol. The van der Waals surface area contributed by atoms with Crippen molar-refractivity contribution in [3.63, 3.8) is 0 Å². The molecule has 2 aliphatic rings. The van der Waals surface area contributed by atoms with E-state index in [1.165, 1.54) is 11.1 Å². The van der Waals surface area contributed by atoms with Gasteiger partial charge >= 0.3 is 0 Å². The fourth-order valence-corrected chi connectivity index (χ4v) is 3.94. The smallest absolute Gasteiger partial charge is 0.251 e. The average Bonchev–Trinajstić information content (AvgIpc) is 3.13. The summed E-state index contributed by atoms with van der Waals surface area (Å²) in [6, 6.07) is 5.84. The number of aliphatic hydroxyl groups is 1. The maximum absolute atomic E-state index is 12.4. The minimum Gasteiger partial charge on any atom is -0.396 e. The Hall–Kier alpha value is -1.88. The molecule has 0 saturated carbocycles. The second-order valence-corrected chi connectivity index (χ2v) is 7.41. The molecule has 1 fully saturated rings. The Morgan fingerprint density at radius 2 is 1.92 bits per heavy atom. The first kappa shape index (κ1) is 17.9. The van der Waals surface area contributed by atoms with E-state index in [2.05, 4.69) is 12.2 Å². The third-order valence-corrected chi connectivity index (χ3v) is 6.02. The first-order valence-electron chi connectivity index (χ1n) is 9.35.